The molecule has 1 aromatic carbocycles. The van der Waals surface area contributed by atoms with Gasteiger partial charge in [-0.25, -0.2) is 4.79 Å². The SMILES string of the molecule is C=CC(C)(CCC=C(C)C)OC(=O)c1ccccc1N.CC(C)=CCCC(C)CCO.CC1=CCC(O)(C(C)C)CC1. The highest BCUT2D eigenvalue weighted by atomic mass is 16.6. The van der Waals surface area contributed by atoms with Gasteiger partial charge in [0.05, 0.1) is 11.2 Å². The fourth-order valence-corrected chi connectivity index (χ4v) is 4.31. The first-order chi connectivity index (χ1) is 19.6. The molecule has 0 saturated carbocycles. The van der Waals surface area contributed by atoms with Gasteiger partial charge in [0.15, 0.2) is 0 Å². The van der Waals surface area contributed by atoms with Crippen molar-refractivity contribution in [2.24, 2.45) is 11.8 Å². The van der Waals surface area contributed by atoms with Gasteiger partial charge in [0.25, 0.3) is 0 Å². The normalized spacial score (nSPS) is 18.0. The molecule has 42 heavy (non-hydrogen) atoms. The highest BCUT2D eigenvalue weighted by Crippen LogP contribution is 2.33. The Bertz CT molecular complexity index is 1030. The second-order valence-corrected chi connectivity index (χ2v) is 12.8. The Hall–Kier alpha value is -2.63. The van der Waals surface area contributed by atoms with Gasteiger partial charge in [-0.2, -0.15) is 0 Å². The Morgan fingerprint density at radius 1 is 1.10 bits per heavy atom. The fourth-order valence-electron chi connectivity index (χ4n) is 4.31. The van der Waals surface area contributed by atoms with E-state index >= 15 is 0 Å². The number of aliphatic hydroxyl groups excluding tert-OH is 1. The van der Waals surface area contributed by atoms with Crippen LogP contribution in [0.5, 0.6) is 0 Å². The minimum absolute atomic E-state index is 0.329. The first kappa shape index (κ1) is 39.4. The van der Waals surface area contributed by atoms with Gasteiger partial charge in [0, 0.05) is 12.3 Å². The van der Waals surface area contributed by atoms with Gasteiger partial charge >= 0.3 is 5.97 Å². The second-order valence-electron chi connectivity index (χ2n) is 12.8. The largest absolute Gasteiger partial charge is 0.451 e. The molecule has 5 nitrogen and oxygen atoms in total. The lowest BCUT2D eigenvalue weighted by Gasteiger charge is -2.34. The molecule has 0 saturated heterocycles. The van der Waals surface area contributed by atoms with Crippen molar-refractivity contribution in [3.8, 4) is 0 Å². The summed E-state index contributed by atoms with van der Waals surface area (Å²) in [5, 5.41) is 18.7. The summed E-state index contributed by atoms with van der Waals surface area (Å²) in [7, 11) is 0. The molecule has 3 atom stereocenters. The topological polar surface area (TPSA) is 92.8 Å². The number of esters is 1. The van der Waals surface area contributed by atoms with Crippen molar-refractivity contribution in [2.75, 3.05) is 12.3 Å². The Morgan fingerprint density at radius 2 is 1.69 bits per heavy atom. The fraction of sp³-hybridized carbons (Fsp3) is 0.595. The van der Waals surface area contributed by atoms with Gasteiger partial charge < -0.3 is 20.7 Å². The number of aliphatic hydroxyl groups is 2. The molecule has 0 heterocycles. The van der Waals surface area contributed by atoms with Crippen LogP contribution in [0.3, 0.4) is 0 Å². The zero-order valence-corrected chi connectivity index (χ0v) is 28.1. The van der Waals surface area contributed by atoms with Crippen LogP contribution in [0.15, 0.2) is 71.9 Å². The highest BCUT2D eigenvalue weighted by Gasteiger charge is 2.31. The first-order valence-corrected chi connectivity index (χ1v) is 15.6. The molecule has 1 aliphatic rings. The molecule has 3 unspecified atom stereocenters. The van der Waals surface area contributed by atoms with Crippen molar-refractivity contribution >= 4 is 11.7 Å². The molecule has 0 fully saturated rings. The third-order valence-electron chi connectivity index (χ3n) is 7.80. The van der Waals surface area contributed by atoms with Crippen LogP contribution in [0, 0.1) is 11.8 Å². The average Bonchev–Trinajstić information content (AvgIpc) is 2.91. The molecular formula is C37H61NO4. The number of carbonyl (C=O) groups is 1. The lowest BCUT2D eigenvalue weighted by atomic mass is 9.78. The van der Waals surface area contributed by atoms with Gasteiger partial charge in [-0.3, -0.25) is 0 Å². The molecule has 0 bridgehead atoms. The average molecular weight is 584 g/mol. The van der Waals surface area contributed by atoms with Crippen LogP contribution >= 0.6 is 0 Å². The number of benzene rings is 1. The van der Waals surface area contributed by atoms with E-state index in [1.54, 1.807) is 30.3 Å². The summed E-state index contributed by atoms with van der Waals surface area (Å²) in [6, 6.07) is 6.90. The van der Waals surface area contributed by atoms with E-state index in [2.05, 4.69) is 66.3 Å². The zero-order chi connectivity index (χ0) is 32.3. The van der Waals surface area contributed by atoms with Gasteiger partial charge in [0.1, 0.15) is 5.60 Å². The maximum absolute atomic E-state index is 12.2. The van der Waals surface area contributed by atoms with Crippen molar-refractivity contribution in [1.29, 1.82) is 0 Å². The summed E-state index contributed by atoms with van der Waals surface area (Å²) < 4.78 is 5.57. The van der Waals surface area contributed by atoms with E-state index in [9.17, 15) is 9.90 Å². The third kappa shape index (κ3) is 16.7. The quantitative estimate of drug-likeness (QED) is 0.129. The van der Waals surface area contributed by atoms with E-state index in [1.807, 2.05) is 20.8 Å². The molecule has 0 amide bonds. The number of para-hydroxylation sites is 1. The number of carbonyl (C=O) groups excluding carboxylic acids is 1. The number of nitrogens with two attached hydrogens (primary N) is 1. The molecule has 1 aromatic rings. The Morgan fingerprint density at radius 3 is 2.17 bits per heavy atom. The highest BCUT2D eigenvalue weighted by molar-refractivity contribution is 5.95. The smallest absolute Gasteiger partial charge is 0.341 e. The van der Waals surface area contributed by atoms with Crippen LogP contribution < -0.4 is 5.73 Å². The van der Waals surface area contributed by atoms with Crippen molar-refractivity contribution in [3.63, 3.8) is 0 Å². The predicted octanol–water partition coefficient (Wildman–Crippen LogP) is 9.37. The van der Waals surface area contributed by atoms with Crippen molar-refractivity contribution in [3.05, 3.63) is 77.4 Å². The zero-order valence-electron chi connectivity index (χ0n) is 28.1. The summed E-state index contributed by atoms with van der Waals surface area (Å²) in [5.74, 6) is 0.630. The molecule has 0 aliphatic heterocycles. The second kappa shape index (κ2) is 20.3. The standard InChI is InChI=1S/C17H23NO2.C10H18O.C10H20O/c1-5-17(4,12-8-9-13(2)3)20-16(19)14-10-6-7-11-15(14)18;1-8(2)10(11)6-4-9(3)5-7-10;1-9(2)5-4-6-10(3)7-8-11/h5-7,9-11H,1,8,12,18H2,2-4H3;4,8,11H,5-7H2,1-3H3;5,10-11H,4,6-8H2,1-3H3. The molecule has 1 aliphatic carbocycles. The van der Waals surface area contributed by atoms with Crippen LogP contribution in [0.1, 0.15) is 124 Å². The van der Waals surface area contributed by atoms with Crippen LogP contribution in [0.25, 0.3) is 0 Å². The van der Waals surface area contributed by atoms with E-state index in [1.165, 1.54) is 23.1 Å². The first-order valence-electron chi connectivity index (χ1n) is 15.6. The Kier molecular flexibility index (Phi) is 19.0. The van der Waals surface area contributed by atoms with Gasteiger partial charge in [-0.15, -0.1) is 0 Å². The lowest BCUT2D eigenvalue weighted by Crippen LogP contribution is -2.36. The van der Waals surface area contributed by atoms with Crippen LogP contribution in [0.2, 0.25) is 0 Å². The molecule has 238 valence electrons. The van der Waals surface area contributed by atoms with Crippen molar-refractivity contribution in [2.45, 2.75) is 125 Å². The number of allylic oxidation sites excluding steroid dienone is 5. The van der Waals surface area contributed by atoms with Gasteiger partial charge in [-0.05, 0) is 123 Å². The summed E-state index contributed by atoms with van der Waals surface area (Å²) in [6.45, 7) is 22.8. The molecule has 4 N–H and O–H groups in total. The summed E-state index contributed by atoms with van der Waals surface area (Å²) in [4.78, 5) is 12.2. The predicted molar refractivity (Wildman–Crippen MR) is 180 cm³/mol. The van der Waals surface area contributed by atoms with E-state index < -0.39 is 17.2 Å². The summed E-state index contributed by atoms with van der Waals surface area (Å²) >= 11 is 0. The molecule has 0 radical (unpaired) electrons. The van der Waals surface area contributed by atoms with Gasteiger partial charge in [0.2, 0.25) is 0 Å². The van der Waals surface area contributed by atoms with Crippen LogP contribution in [-0.2, 0) is 4.74 Å². The Balaban J connectivity index is 0.000000650. The van der Waals surface area contributed by atoms with Crippen LogP contribution in [-0.4, -0.2) is 34.0 Å². The lowest BCUT2D eigenvalue weighted by molar-refractivity contribution is -0.0140. The number of nitrogen functional groups attached to an aromatic ring is 1. The molecule has 2 rings (SSSR count). The number of rotatable bonds is 12. The number of hydrogen-bond donors (Lipinski definition) is 3. The van der Waals surface area contributed by atoms with Gasteiger partial charge in [-0.1, -0.05) is 74.4 Å². The van der Waals surface area contributed by atoms with Crippen molar-refractivity contribution in [1.82, 2.24) is 0 Å². The minimum Gasteiger partial charge on any atom is -0.451 e. The van der Waals surface area contributed by atoms with Crippen LogP contribution in [0.4, 0.5) is 5.69 Å². The van der Waals surface area contributed by atoms with E-state index in [0.717, 1.165) is 38.5 Å². The summed E-state index contributed by atoms with van der Waals surface area (Å²) in [6.07, 6.45) is 15.9. The number of ether oxygens (including phenoxy) is 1. The van der Waals surface area contributed by atoms with Crippen molar-refractivity contribution < 1.29 is 19.7 Å². The maximum Gasteiger partial charge on any atom is 0.341 e. The third-order valence-corrected chi connectivity index (χ3v) is 7.80. The molecule has 0 spiro atoms. The molecular weight excluding hydrogens is 522 g/mol. The summed E-state index contributed by atoms with van der Waals surface area (Å²) in [5.41, 5.74) is 9.56. The van der Waals surface area contributed by atoms with E-state index in [0.29, 0.717) is 36.1 Å². The Labute approximate surface area is 257 Å². The monoisotopic (exact) mass is 583 g/mol. The molecule has 5 heteroatoms. The van der Waals surface area contributed by atoms with E-state index in [4.69, 9.17) is 15.6 Å². The van der Waals surface area contributed by atoms with E-state index in [-0.39, 0.29) is 0 Å². The molecule has 0 aromatic heterocycles. The number of anilines is 1. The minimum atomic E-state index is -0.689. The maximum atomic E-state index is 12.2. The number of hydrogen-bond acceptors (Lipinski definition) is 5.